The third-order valence-electron chi connectivity index (χ3n) is 6.37. The van der Waals surface area contributed by atoms with Crippen molar-refractivity contribution < 1.29 is 9.47 Å². The number of hydrogen-bond acceptors (Lipinski definition) is 2. The molecule has 2 bridgehead atoms. The molecule has 0 amide bonds. The fourth-order valence-corrected chi connectivity index (χ4v) is 5.36. The van der Waals surface area contributed by atoms with Crippen LogP contribution in [-0.2, 0) is 9.47 Å². The highest BCUT2D eigenvalue weighted by Crippen LogP contribution is 2.35. The van der Waals surface area contributed by atoms with Crippen molar-refractivity contribution in [2.24, 2.45) is 0 Å². The Bertz CT molecular complexity index is 343. The Morgan fingerprint density at radius 1 is 0.643 bits per heavy atom. The quantitative estimate of drug-likeness (QED) is 0.411. The maximum absolute atomic E-state index is 6.64. The highest BCUT2D eigenvalue weighted by atomic mass is 35.5. The molecule has 2 aliphatic heterocycles. The molecule has 2 aliphatic rings. The molecular weight excluding hydrogens is 391 g/mol. The highest BCUT2D eigenvalue weighted by Gasteiger charge is 2.32. The van der Waals surface area contributed by atoms with Crippen LogP contribution < -0.4 is 0 Å². The van der Waals surface area contributed by atoms with E-state index < -0.39 is 4.33 Å². The number of hydrogen-bond donors (Lipinski definition) is 0. The molecule has 2 rings (SSSR count). The monoisotopic (exact) mass is 434 g/mol. The summed E-state index contributed by atoms with van der Waals surface area (Å²) >= 11 is 13.3. The summed E-state index contributed by atoms with van der Waals surface area (Å²) in [6, 6.07) is 0. The lowest BCUT2D eigenvalue weighted by atomic mass is 9.99. The number of ether oxygens (including phenoxy) is 2. The summed E-state index contributed by atoms with van der Waals surface area (Å²) in [5, 5.41) is 0. The van der Waals surface area contributed by atoms with Gasteiger partial charge in [0.15, 0.2) is 6.29 Å². The SMILES string of the molecule is CCCC(Cl)(Cl)CC1OC2CCCCCCCCC(CCCCCCCC2)O1. The Morgan fingerprint density at radius 2 is 1.00 bits per heavy atom. The van der Waals surface area contributed by atoms with Gasteiger partial charge in [-0.3, -0.25) is 0 Å². The molecule has 0 aromatic heterocycles. The van der Waals surface area contributed by atoms with Crippen molar-refractivity contribution in [3.63, 3.8) is 0 Å². The fraction of sp³-hybridized carbons (Fsp3) is 1.00. The van der Waals surface area contributed by atoms with Crippen molar-refractivity contribution in [2.45, 2.75) is 152 Å². The average molecular weight is 436 g/mol. The molecule has 0 aromatic rings. The molecule has 28 heavy (non-hydrogen) atoms. The second-order valence-electron chi connectivity index (χ2n) is 9.15. The maximum atomic E-state index is 6.64. The van der Waals surface area contributed by atoms with Gasteiger partial charge in [-0.1, -0.05) is 90.4 Å². The predicted molar refractivity (Wildman–Crippen MR) is 121 cm³/mol. The van der Waals surface area contributed by atoms with Gasteiger partial charge in [0.1, 0.15) is 4.33 Å². The van der Waals surface area contributed by atoms with Crippen LogP contribution in [0.3, 0.4) is 0 Å². The number of alkyl halides is 2. The second-order valence-corrected chi connectivity index (χ2v) is 10.8. The van der Waals surface area contributed by atoms with E-state index in [0.717, 1.165) is 38.5 Å². The van der Waals surface area contributed by atoms with Crippen molar-refractivity contribution in [1.82, 2.24) is 0 Å². The second kappa shape index (κ2) is 14.5. The van der Waals surface area contributed by atoms with Crippen molar-refractivity contribution in [3.05, 3.63) is 0 Å². The number of rotatable bonds is 4. The molecule has 0 spiro atoms. The first-order valence-electron chi connectivity index (χ1n) is 12.3. The normalized spacial score (nSPS) is 30.3. The van der Waals surface area contributed by atoms with Crippen molar-refractivity contribution in [2.75, 3.05) is 0 Å². The van der Waals surface area contributed by atoms with Crippen molar-refractivity contribution >= 4 is 23.2 Å². The molecule has 166 valence electrons. The van der Waals surface area contributed by atoms with E-state index in [2.05, 4.69) is 6.92 Å². The van der Waals surface area contributed by atoms with Gasteiger partial charge in [0, 0.05) is 6.42 Å². The molecule has 0 aliphatic carbocycles. The lowest BCUT2D eigenvalue weighted by molar-refractivity contribution is -0.203. The van der Waals surface area contributed by atoms with Gasteiger partial charge >= 0.3 is 0 Å². The molecule has 0 N–H and O–H groups in total. The van der Waals surface area contributed by atoms with Gasteiger partial charge in [-0.25, -0.2) is 0 Å². The first-order valence-corrected chi connectivity index (χ1v) is 13.0. The average Bonchev–Trinajstić information content (AvgIpc) is 2.66. The van der Waals surface area contributed by atoms with E-state index in [9.17, 15) is 0 Å². The third kappa shape index (κ3) is 11.0. The van der Waals surface area contributed by atoms with E-state index in [1.807, 2.05) is 0 Å². The van der Waals surface area contributed by atoms with E-state index >= 15 is 0 Å². The minimum atomic E-state index is -0.754. The zero-order valence-corrected chi connectivity index (χ0v) is 19.8. The van der Waals surface area contributed by atoms with Crippen LogP contribution in [0, 0.1) is 0 Å². The smallest absolute Gasteiger partial charge is 0.161 e. The van der Waals surface area contributed by atoms with Crippen LogP contribution in [-0.4, -0.2) is 22.8 Å². The van der Waals surface area contributed by atoms with Gasteiger partial charge in [-0.2, -0.15) is 0 Å². The van der Waals surface area contributed by atoms with Gasteiger partial charge in [0.25, 0.3) is 0 Å². The minimum Gasteiger partial charge on any atom is -0.349 e. The topological polar surface area (TPSA) is 18.5 Å². The van der Waals surface area contributed by atoms with E-state index in [1.165, 1.54) is 77.0 Å². The lowest BCUT2D eigenvalue weighted by Gasteiger charge is -2.32. The molecular formula is C24H44Cl2O2. The predicted octanol–water partition coefficient (Wildman–Crippen LogP) is 8.72. The standard InChI is InChI=1S/C24H44Cl2O2/c1-2-19-24(25,26)20-23-27-21-15-11-7-3-4-8-12-16-22(28-23)18-14-10-6-5-9-13-17-21/h21-23H,2-20H2,1H3. The van der Waals surface area contributed by atoms with Crippen LogP contribution in [0.5, 0.6) is 0 Å². The van der Waals surface area contributed by atoms with Crippen LogP contribution in [0.4, 0.5) is 0 Å². The summed E-state index contributed by atoms with van der Waals surface area (Å²) in [5.41, 5.74) is 0. The van der Waals surface area contributed by atoms with E-state index in [1.54, 1.807) is 0 Å². The summed E-state index contributed by atoms with van der Waals surface area (Å²) in [6.45, 7) is 2.13. The molecule has 0 aromatic carbocycles. The lowest BCUT2D eigenvalue weighted by Crippen LogP contribution is -2.34. The molecule has 2 heterocycles. The summed E-state index contributed by atoms with van der Waals surface area (Å²) in [5.74, 6) is 0. The van der Waals surface area contributed by atoms with Crippen LogP contribution in [0.1, 0.15) is 129 Å². The molecule has 0 atom stereocenters. The molecule has 0 radical (unpaired) electrons. The van der Waals surface area contributed by atoms with Gasteiger partial charge in [0.2, 0.25) is 0 Å². The van der Waals surface area contributed by atoms with Crippen LogP contribution in [0.15, 0.2) is 0 Å². The Labute approximate surface area is 184 Å². The van der Waals surface area contributed by atoms with E-state index in [-0.39, 0.29) is 18.5 Å². The summed E-state index contributed by atoms with van der Waals surface area (Å²) in [4.78, 5) is 0. The Balaban J connectivity index is 2.12. The third-order valence-corrected chi connectivity index (χ3v) is 7.06. The van der Waals surface area contributed by atoms with Gasteiger partial charge in [-0.15, -0.1) is 23.2 Å². The summed E-state index contributed by atoms with van der Waals surface area (Å²) < 4.78 is 12.4. The molecule has 2 fully saturated rings. The van der Waals surface area contributed by atoms with E-state index in [0.29, 0.717) is 6.42 Å². The zero-order chi connectivity index (χ0) is 20.1. The summed E-state index contributed by atoms with van der Waals surface area (Å²) in [6.07, 6.45) is 23.1. The van der Waals surface area contributed by atoms with Crippen molar-refractivity contribution in [1.29, 1.82) is 0 Å². The number of fused-ring (bicyclic) bond motifs is 4. The highest BCUT2D eigenvalue weighted by molar-refractivity contribution is 6.48. The maximum Gasteiger partial charge on any atom is 0.161 e. The summed E-state index contributed by atoms with van der Waals surface area (Å²) in [7, 11) is 0. The van der Waals surface area contributed by atoms with Crippen LogP contribution in [0.25, 0.3) is 0 Å². The van der Waals surface area contributed by atoms with Crippen LogP contribution >= 0.6 is 23.2 Å². The zero-order valence-electron chi connectivity index (χ0n) is 18.2. The molecule has 0 unspecified atom stereocenters. The first kappa shape index (κ1) is 24.8. The molecule has 2 saturated heterocycles. The van der Waals surface area contributed by atoms with E-state index in [4.69, 9.17) is 32.7 Å². The van der Waals surface area contributed by atoms with Gasteiger partial charge in [0.05, 0.1) is 12.2 Å². The molecule has 0 saturated carbocycles. The molecule has 2 nitrogen and oxygen atoms in total. The Morgan fingerprint density at radius 3 is 1.36 bits per heavy atom. The van der Waals surface area contributed by atoms with Gasteiger partial charge in [-0.05, 0) is 32.1 Å². The van der Waals surface area contributed by atoms with Crippen LogP contribution in [0.2, 0.25) is 0 Å². The largest absolute Gasteiger partial charge is 0.349 e. The first-order chi connectivity index (χ1) is 13.6. The fourth-order valence-electron chi connectivity index (χ4n) is 4.73. The van der Waals surface area contributed by atoms with Crippen molar-refractivity contribution in [3.8, 4) is 0 Å². The number of halogens is 2. The molecule has 4 heteroatoms. The Kier molecular flexibility index (Phi) is 12.8. The minimum absolute atomic E-state index is 0.266. The van der Waals surface area contributed by atoms with Gasteiger partial charge < -0.3 is 9.47 Å². The Hall–Kier alpha value is 0.500.